The van der Waals surface area contributed by atoms with Gasteiger partial charge >= 0.3 is 15.6 Å². The molecule has 29 heteroatoms. The number of ether oxygens (including phenoxy) is 4. The molecule has 13 unspecified atom stereocenters. The number of hydrogen-bond acceptors (Lipinski definition) is 27. The van der Waals surface area contributed by atoms with Crippen LogP contribution < -0.4 is 23.6 Å². The third kappa shape index (κ3) is 11.3. The van der Waals surface area contributed by atoms with Crippen molar-refractivity contribution in [1.29, 1.82) is 0 Å². The number of nitrogens with two attached hydrogens (primary N) is 4. The Kier molecular flexibility index (Phi) is 17.2. The predicted octanol–water partition coefficient (Wildman–Crippen LogP) is -5.81. The van der Waals surface area contributed by atoms with Crippen LogP contribution in [0.1, 0.15) is 25.7 Å². The molecule has 4 fully saturated rings. The first-order valence-electron chi connectivity index (χ1n) is 16.0. The fourth-order valence-electron chi connectivity index (χ4n) is 5.82. The summed E-state index contributed by atoms with van der Waals surface area (Å²) >= 11 is 0. The summed E-state index contributed by atoms with van der Waals surface area (Å²) in [5.41, 5.74) is 0. The SMILES string of the molecule is NOC1C(O)CC(CO)OC1OP(=O)(OC1OC(CO)CC(O)C1ON)OP(=O)(OC1OC(CO)CC(O)C1ON)O[C@H]1O[C@H](CO)C[C@H](O)[C@H]1ON. The Morgan fingerprint density at radius 2 is 0.660 bits per heavy atom. The van der Waals surface area contributed by atoms with Crippen molar-refractivity contribution < 1.29 is 111 Å². The number of rotatable bonds is 18. The van der Waals surface area contributed by atoms with Gasteiger partial charge in [-0.25, -0.2) is 32.7 Å². The molecular formula is C24H48N4O23P2. The van der Waals surface area contributed by atoms with Crippen molar-refractivity contribution in [2.45, 2.75) is 124 Å². The quantitative estimate of drug-likeness (QED) is 0.0452. The lowest BCUT2D eigenvalue weighted by Gasteiger charge is -2.42. The van der Waals surface area contributed by atoms with Crippen LogP contribution in [0.15, 0.2) is 0 Å². The predicted molar refractivity (Wildman–Crippen MR) is 162 cm³/mol. The van der Waals surface area contributed by atoms with E-state index < -0.39 is 140 Å². The first kappa shape index (κ1) is 45.2. The zero-order valence-electron chi connectivity index (χ0n) is 27.8. The highest BCUT2D eigenvalue weighted by atomic mass is 31.3. The molecule has 0 aromatic heterocycles. The molecule has 0 saturated carbocycles. The molecule has 27 nitrogen and oxygen atoms in total. The molecule has 4 rings (SSSR count). The lowest BCUT2D eigenvalue weighted by Crippen LogP contribution is -2.54. The van der Waals surface area contributed by atoms with E-state index in [-0.39, 0.29) is 25.7 Å². The van der Waals surface area contributed by atoms with Gasteiger partial charge in [0.05, 0.1) is 75.3 Å². The fourth-order valence-corrected chi connectivity index (χ4v) is 9.21. The Morgan fingerprint density at radius 3 is 0.830 bits per heavy atom. The molecular weight excluding hydrogens is 774 g/mol. The van der Waals surface area contributed by atoms with Gasteiger partial charge in [-0.15, -0.1) is 0 Å². The summed E-state index contributed by atoms with van der Waals surface area (Å²) in [5, 5.41) is 81.4. The third-order valence-electron chi connectivity index (χ3n) is 8.49. The molecule has 0 spiro atoms. The average Bonchev–Trinajstić information content (AvgIpc) is 3.10. The summed E-state index contributed by atoms with van der Waals surface area (Å²) in [6.07, 6.45) is -27.6. The second-order valence-electron chi connectivity index (χ2n) is 12.2. The molecule has 4 heterocycles. The van der Waals surface area contributed by atoms with Gasteiger partial charge < -0.3 is 59.8 Å². The number of aliphatic hydroxyl groups is 8. The van der Waals surface area contributed by atoms with Gasteiger partial charge in [-0.05, 0) is 0 Å². The van der Waals surface area contributed by atoms with Crippen LogP contribution in [0.2, 0.25) is 0 Å². The molecule has 53 heavy (non-hydrogen) atoms. The van der Waals surface area contributed by atoms with E-state index >= 15 is 0 Å². The first-order chi connectivity index (χ1) is 25.2. The molecule has 4 saturated heterocycles. The van der Waals surface area contributed by atoms with Crippen molar-refractivity contribution in [3.05, 3.63) is 0 Å². The molecule has 0 bridgehead atoms. The highest BCUT2D eigenvalue weighted by molar-refractivity contribution is 7.62. The molecule has 0 radical (unpaired) electrons. The highest BCUT2D eigenvalue weighted by Gasteiger charge is 2.56. The van der Waals surface area contributed by atoms with Gasteiger partial charge in [-0.3, -0.25) is 37.4 Å². The van der Waals surface area contributed by atoms with Crippen LogP contribution in [0.4, 0.5) is 0 Å². The average molecular weight is 823 g/mol. The maximum absolute atomic E-state index is 14.8. The van der Waals surface area contributed by atoms with E-state index in [1.165, 1.54) is 0 Å². The van der Waals surface area contributed by atoms with Gasteiger partial charge in [0.15, 0.2) is 49.6 Å². The summed E-state index contributed by atoms with van der Waals surface area (Å²) in [5.74, 6) is 21.3. The summed E-state index contributed by atoms with van der Waals surface area (Å²) in [6, 6.07) is 0. The van der Waals surface area contributed by atoms with Crippen LogP contribution in [0.3, 0.4) is 0 Å². The van der Waals surface area contributed by atoms with E-state index in [4.69, 9.17) is 84.3 Å². The molecule has 0 aliphatic carbocycles. The maximum atomic E-state index is 14.8. The van der Waals surface area contributed by atoms with Crippen molar-refractivity contribution >= 4 is 15.6 Å². The third-order valence-corrected chi connectivity index (χ3v) is 12.0. The van der Waals surface area contributed by atoms with Crippen LogP contribution in [0, 0.1) is 0 Å². The van der Waals surface area contributed by atoms with E-state index in [9.17, 15) is 50.0 Å². The van der Waals surface area contributed by atoms with Crippen molar-refractivity contribution in [2.24, 2.45) is 23.6 Å². The highest BCUT2D eigenvalue weighted by Crippen LogP contribution is 2.69. The van der Waals surface area contributed by atoms with Gasteiger partial charge in [-0.1, -0.05) is 0 Å². The maximum Gasteiger partial charge on any atom is 0.488 e. The Morgan fingerprint density at radius 1 is 0.453 bits per heavy atom. The minimum atomic E-state index is -5.87. The molecule has 17 atom stereocenters. The Labute approximate surface area is 300 Å². The number of phosphoric ester groups is 2. The van der Waals surface area contributed by atoms with Crippen LogP contribution in [0.5, 0.6) is 0 Å². The van der Waals surface area contributed by atoms with E-state index in [2.05, 4.69) is 0 Å². The molecule has 4 aliphatic rings. The number of phosphoric acid groups is 2. The first-order valence-corrected chi connectivity index (χ1v) is 19.0. The van der Waals surface area contributed by atoms with Crippen LogP contribution >= 0.6 is 15.6 Å². The van der Waals surface area contributed by atoms with Gasteiger partial charge in [0.1, 0.15) is 0 Å². The van der Waals surface area contributed by atoms with Crippen molar-refractivity contribution in [3.63, 3.8) is 0 Å². The Bertz CT molecular complexity index is 1050. The molecule has 0 aromatic carbocycles. The molecule has 312 valence electrons. The molecule has 16 N–H and O–H groups in total. The topological polar surface area (TPSA) is 420 Å². The van der Waals surface area contributed by atoms with Crippen molar-refractivity contribution in [1.82, 2.24) is 0 Å². The lowest BCUT2D eigenvalue weighted by molar-refractivity contribution is -0.281. The summed E-state index contributed by atoms with van der Waals surface area (Å²) in [7, 11) is -11.7. The second-order valence-corrected chi connectivity index (χ2v) is 15.5. The van der Waals surface area contributed by atoms with Crippen LogP contribution in [0.25, 0.3) is 0 Å². The van der Waals surface area contributed by atoms with Gasteiger partial charge in [0.25, 0.3) is 0 Å². The van der Waals surface area contributed by atoms with E-state index in [1.807, 2.05) is 0 Å². The monoisotopic (exact) mass is 822 g/mol. The number of hydrogen-bond donors (Lipinski definition) is 12. The molecule has 0 aromatic rings. The van der Waals surface area contributed by atoms with Gasteiger partial charge in [0, 0.05) is 25.7 Å². The summed E-state index contributed by atoms with van der Waals surface area (Å²) in [6.45, 7) is -2.92. The zero-order chi connectivity index (χ0) is 39.1. The molecule has 4 aliphatic heterocycles. The standard InChI is InChI=1S/C24H48N4O23P2/c25-43-17-13(33)1-9(5-29)39-21(17)47-52(37,48-22-18(44-26)14(34)2-10(6-30)40-22)51-53(38,49-23-19(45-27)15(35)3-11(7-31)41-23)50-24-20(46-28)16(36)4-12(8-32)42-24/h9-24,29-36H,1-8,25-28H2/t9-,10?,11?,12?,13-,14?,15?,16?,17+,18?,19?,20?,21+,22?,23?,24?,52?,53?/m0/s1. The largest absolute Gasteiger partial charge is 0.488 e. The minimum Gasteiger partial charge on any atom is -0.394 e. The Balaban J connectivity index is 1.80. The van der Waals surface area contributed by atoms with E-state index in [0.717, 1.165) is 0 Å². The minimum absolute atomic E-state index is 0.282. The summed E-state index contributed by atoms with van der Waals surface area (Å²) < 4.78 is 79.0. The van der Waals surface area contributed by atoms with Crippen molar-refractivity contribution in [2.75, 3.05) is 26.4 Å². The van der Waals surface area contributed by atoms with E-state index in [1.54, 1.807) is 0 Å². The normalized spacial score (nSPS) is 43.5. The smallest absolute Gasteiger partial charge is 0.394 e. The lowest BCUT2D eigenvalue weighted by atomic mass is 10.0. The van der Waals surface area contributed by atoms with Crippen molar-refractivity contribution in [3.8, 4) is 0 Å². The zero-order valence-corrected chi connectivity index (χ0v) is 29.6. The Hall–Kier alpha value is -0.540. The van der Waals surface area contributed by atoms with E-state index in [0.29, 0.717) is 0 Å². The second kappa shape index (κ2) is 20.2. The summed E-state index contributed by atoms with van der Waals surface area (Å²) in [4.78, 5) is 19.0. The number of aliphatic hydroxyl groups excluding tert-OH is 8. The van der Waals surface area contributed by atoms with Crippen LogP contribution in [-0.2, 0) is 69.8 Å². The fraction of sp³-hybridized carbons (Fsp3) is 1.00. The van der Waals surface area contributed by atoms with Gasteiger partial charge in [-0.2, -0.15) is 4.31 Å². The van der Waals surface area contributed by atoms with Crippen LogP contribution in [-0.4, -0.2) is 166 Å². The van der Waals surface area contributed by atoms with Gasteiger partial charge in [0.2, 0.25) is 0 Å². The molecule has 0 amide bonds.